The third-order valence-corrected chi connectivity index (χ3v) is 2.82. The molecule has 1 rings (SSSR count). The van der Waals surface area contributed by atoms with Gasteiger partial charge in [0.15, 0.2) is 0 Å². The fraction of sp³-hybridized carbons (Fsp3) is 1.00. The zero-order valence-electron chi connectivity index (χ0n) is 12.1. The molecule has 1 heterocycles. The maximum atomic E-state index is 12.7. The minimum atomic E-state index is -2.66. The molecule has 1 saturated heterocycles. The quantitative estimate of drug-likeness (QED) is 0.715. The number of alkyl halides is 2. The van der Waals surface area contributed by atoms with Gasteiger partial charge in [0.05, 0.1) is 12.6 Å². The molecule has 1 unspecified atom stereocenters. The molecule has 0 saturated carbocycles. The summed E-state index contributed by atoms with van der Waals surface area (Å²) in [5.41, 5.74) is -2.66. The minimum Gasteiger partial charge on any atom is -0.378 e. The van der Waals surface area contributed by atoms with Crippen molar-refractivity contribution in [1.29, 1.82) is 0 Å². The zero-order chi connectivity index (χ0) is 14.2. The van der Waals surface area contributed by atoms with Crippen LogP contribution < -0.4 is 0 Å². The molecule has 2 nitrogen and oxygen atoms in total. The van der Waals surface area contributed by atoms with E-state index in [0.717, 1.165) is 19.4 Å². The highest BCUT2D eigenvalue weighted by atomic mass is 31.0. The van der Waals surface area contributed by atoms with Crippen molar-refractivity contribution in [2.24, 2.45) is 5.92 Å². The first kappa shape index (κ1) is 18.2. The normalized spacial score (nSPS) is 18.7. The van der Waals surface area contributed by atoms with Crippen LogP contribution in [0.2, 0.25) is 0 Å². The Kier molecular flexibility index (Phi) is 9.27. The van der Waals surface area contributed by atoms with E-state index in [-0.39, 0.29) is 12.6 Å². The third-order valence-electron chi connectivity index (χ3n) is 2.63. The van der Waals surface area contributed by atoms with E-state index < -0.39 is 5.66 Å². The van der Waals surface area contributed by atoms with E-state index in [0.29, 0.717) is 19.0 Å². The van der Waals surface area contributed by atoms with Gasteiger partial charge in [0, 0.05) is 19.7 Å². The van der Waals surface area contributed by atoms with Gasteiger partial charge in [-0.1, -0.05) is 36.9 Å². The second-order valence-corrected chi connectivity index (χ2v) is 5.81. The lowest BCUT2D eigenvalue weighted by molar-refractivity contribution is -0.0213. The molecule has 0 aromatic carbocycles. The van der Waals surface area contributed by atoms with Gasteiger partial charge < -0.3 is 4.74 Å². The molecule has 0 aliphatic carbocycles. The van der Waals surface area contributed by atoms with Crippen LogP contribution in [0.3, 0.4) is 0 Å². The summed E-state index contributed by atoms with van der Waals surface area (Å²) in [4.78, 5) is 1.81. The van der Waals surface area contributed by atoms with Gasteiger partial charge in [-0.05, 0) is 18.8 Å². The van der Waals surface area contributed by atoms with E-state index in [4.69, 9.17) is 4.74 Å². The van der Waals surface area contributed by atoms with Gasteiger partial charge in [-0.25, -0.2) is 8.78 Å². The van der Waals surface area contributed by atoms with Crippen molar-refractivity contribution in [3.05, 3.63) is 0 Å². The maximum absolute atomic E-state index is 12.7. The molecule has 5 heteroatoms. The molecule has 110 valence electrons. The first-order valence-electron chi connectivity index (χ1n) is 6.87. The molecular formula is C13H28F2NOP. The largest absolute Gasteiger partial charge is 0.378 e. The lowest BCUT2D eigenvalue weighted by atomic mass is 10.1. The number of hydrogen-bond acceptors (Lipinski definition) is 2. The van der Waals surface area contributed by atoms with Crippen molar-refractivity contribution in [2.45, 2.75) is 52.3 Å². The van der Waals surface area contributed by atoms with Crippen molar-refractivity contribution in [3.8, 4) is 0 Å². The number of piperidine rings is 1. The van der Waals surface area contributed by atoms with E-state index in [9.17, 15) is 8.78 Å². The zero-order valence-corrected chi connectivity index (χ0v) is 13.2. The number of halogens is 2. The Balaban J connectivity index is 0.00000137. The third kappa shape index (κ3) is 9.18. The number of rotatable bonds is 5. The average molecular weight is 283 g/mol. The van der Waals surface area contributed by atoms with E-state index in [1.807, 2.05) is 18.7 Å². The van der Waals surface area contributed by atoms with Gasteiger partial charge >= 0.3 is 0 Å². The number of ether oxygens (including phenoxy) is 1. The van der Waals surface area contributed by atoms with Crippen molar-refractivity contribution >= 4 is 9.24 Å². The topological polar surface area (TPSA) is 12.5 Å². The van der Waals surface area contributed by atoms with Crippen LogP contribution in [0.1, 0.15) is 40.5 Å². The second-order valence-electron chi connectivity index (χ2n) is 4.96. The summed E-state index contributed by atoms with van der Waals surface area (Å²) in [6.45, 7) is 10.3. The van der Waals surface area contributed by atoms with Gasteiger partial charge in [0.25, 0.3) is 5.66 Å². The molecule has 0 aromatic rings. The standard InChI is InChI=1S/C11H22F2NOP.C2H6/c1-9(2)7-15-10-3-5-14(6-4-10)8-11(12,13)16;1-2/h9-10H,3-8,16H2,1-2H3;1-2H3. The van der Waals surface area contributed by atoms with Gasteiger partial charge in [0.1, 0.15) is 0 Å². The van der Waals surface area contributed by atoms with E-state index in [1.165, 1.54) is 0 Å². The summed E-state index contributed by atoms with van der Waals surface area (Å²) >= 11 is 0. The summed E-state index contributed by atoms with van der Waals surface area (Å²) in [5.74, 6) is 0.536. The predicted molar refractivity (Wildman–Crippen MR) is 76.3 cm³/mol. The number of nitrogens with zero attached hydrogens (tertiary/aromatic N) is 1. The highest BCUT2D eigenvalue weighted by molar-refractivity contribution is 7.18. The molecule has 18 heavy (non-hydrogen) atoms. The first-order chi connectivity index (χ1) is 8.37. The Morgan fingerprint density at radius 2 is 1.78 bits per heavy atom. The van der Waals surface area contributed by atoms with Crippen LogP contribution in [0, 0.1) is 5.92 Å². The van der Waals surface area contributed by atoms with Crippen molar-refractivity contribution in [3.63, 3.8) is 0 Å². The van der Waals surface area contributed by atoms with Crippen LogP contribution in [0.15, 0.2) is 0 Å². The summed E-state index contributed by atoms with van der Waals surface area (Å²) in [6.07, 6.45) is 2.00. The maximum Gasteiger partial charge on any atom is 0.271 e. The van der Waals surface area contributed by atoms with E-state index >= 15 is 0 Å². The molecular weight excluding hydrogens is 255 g/mol. The molecule has 1 aliphatic heterocycles. The molecule has 0 amide bonds. The fourth-order valence-corrected chi connectivity index (χ4v) is 2.12. The highest BCUT2D eigenvalue weighted by Crippen LogP contribution is 2.25. The number of hydrogen-bond donors (Lipinski definition) is 0. The summed E-state index contributed by atoms with van der Waals surface area (Å²) in [6, 6.07) is 0. The van der Waals surface area contributed by atoms with Crippen LogP contribution in [-0.2, 0) is 4.74 Å². The summed E-state index contributed by atoms with van der Waals surface area (Å²) < 4.78 is 31.2. The molecule has 1 fully saturated rings. The smallest absolute Gasteiger partial charge is 0.271 e. The minimum absolute atomic E-state index is 0.158. The molecule has 0 aromatic heterocycles. The molecule has 1 atom stereocenters. The van der Waals surface area contributed by atoms with Crippen molar-refractivity contribution < 1.29 is 13.5 Å². The Morgan fingerprint density at radius 1 is 1.28 bits per heavy atom. The van der Waals surface area contributed by atoms with Crippen molar-refractivity contribution in [2.75, 3.05) is 26.2 Å². The monoisotopic (exact) mass is 283 g/mol. The molecule has 0 bridgehead atoms. The lowest BCUT2D eigenvalue weighted by Crippen LogP contribution is -2.41. The molecule has 0 spiro atoms. The Bertz CT molecular complexity index is 202. The van der Waals surface area contributed by atoms with Crippen LogP contribution in [-0.4, -0.2) is 42.9 Å². The molecule has 0 radical (unpaired) electrons. The molecule has 0 N–H and O–H groups in total. The Hall–Kier alpha value is 0.210. The van der Waals surface area contributed by atoms with E-state index in [1.54, 1.807) is 9.24 Å². The Morgan fingerprint density at radius 3 is 2.17 bits per heavy atom. The van der Waals surface area contributed by atoms with Crippen LogP contribution in [0.25, 0.3) is 0 Å². The van der Waals surface area contributed by atoms with Crippen LogP contribution >= 0.6 is 9.24 Å². The summed E-state index contributed by atoms with van der Waals surface area (Å²) in [5, 5.41) is 0. The van der Waals surface area contributed by atoms with Gasteiger partial charge in [-0.15, -0.1) is 0 Å². The predicted octanol–water partition coefficient (Wildman–Crippen LogP) is 3.62. The summed E-state index contributed by atoms with van der Waals surface area (Å²) in [7, 11) is 1.60. The number of likely N-dealkylation sites (tertiary alicyclic amines) is 1. The van der Waals surface area contributed by atoms with Gasteiger partial charge in [-0.2, -0.15) is 0 Å². The van der Waals surface area contributed by atoms with Gasteiger partial charge in [0.2, 0.25) is 0 Å². The van der Waals surface area contributed by atoms with Crippen LogP contribution in [0.4, 0.5) is 8.78 Å². The fourth-order valence-electron chi connectivity index (χ4n) is 1.86. The molecule has 1 aliphatic rings. The van der Waals surface area contributed by atoms with Crippen molar-refractivity contribution in [1.82, 2.24) is 4.90 Å². The second kappa shape index (κ2) is 9.17. The highest BCUT2D eigenvalue weighted by Gasteiger charge is 2.28. The van der Waals surface area contributed by atoms with Crippen LogP contribution in [0.5, 0.6) is 0 Å². The van der Waals surface area contributed by atoms with Gasteiger partial charge in [-0.3, -0.25) is 4.90 Å². The Labute approximate surface area is 113 Å². The SMILES string of the molecule is CC.CC(C)COC1CCN(CC(F)(F)P)CC1. The lowest BCUT2D eigenvalue weighted by Gasteiger charge is -2.33. The average Bonchev–Trinajstić information content (AvgIpc) is 2.29. The van der Waals surface area contributed by atoms with E-state index in [2.05, 4.69) is 13.8 Å². The first-order valence-corrected chi connectivity index (χ1v) is 7.45.